The first-order chi connectivity index (χ1) is 10.3. The highest BCUT2D eigenvalue weighted by molar-refractivity contribution is 6.74. The minimum absolute atomic E-state index is 0.0722. The van der Waals surface area contributed by atoms with Gasteiger partial charge in [0, 0.05) is 6.61 Å². The summed E-state index contributed by atoms with van der Waals surface area (Å²) in [5.74, 6) is -1.34. The molecule has 0 radical (unpaired) electrons. The number of hydrogen-bond acceptors (Lipinski definition) is 5. The van der Waals surface area contributed by atoms with Crippen LogP contribution in [0.3, 0.4) is 0 Å². The van der Waals surface area contributed by atoms with Gasteiger partial charge in [0.05, 0.1) is 12.5 Å². The van der Waals surface area contributed by atoms with Crippen molar-refractivity contribution in [3.8, 4) is 0 Å². The van der Waals surface area contributed by atoms with E-state index in [1.807, 2.05) is 13.8 Å². The molecule has 0 aromatic rings. The predicted octanol–water partition coefficient (Wildman–Crippen LogP) is 2.87. The maximum atomic E-state index is 12.6. The van der Waals surface area contributed by atoms with Gasteiger partial charge in [-0.1, -0.05) is 20.8 Å². The van der Waals surface area contributed by atoms with Gasteiger partial charge in [-0.2, -0.15) is 0 Å². The van der Waals surface area contributed by atoms with Crippen LogP contribution in [-0.2, 0) is 18.7 Å². The zero-order chi connectivity index (χ0) is 17.7. The molecular formula is C17H32O5Si. The summed E-state index contributed by atoms with van der Waals surface area (Å²) >= 11 is 0. The molecule has 1 N–H and O–H groups in total. The largest absolute Gasteiger partial charge is 0.416 e. The van der Waals surface area contributed by atoms with Gasteiger partial charge in [-0.3, -0.25) is 4.79 Å². The molecule has 2 aliphatic rings. The number of ether oxygens (including phenoxy) is 2. The van der Waals surface area contributed by atoms with Crippen molar-refractivity contribution in [2.75, 3.05) is 13.2 Å². The molecule has 1 aliphatic carbocycles. The van der Waals surface area contributed by atoms with E-state index in [-0.39, 0.29) is 10.8 Å². The van der Waals surface area contributed by atoms with Crippen molar-refractivity contribution in [1.29, 1.82) is 0 Å². The maximum Gasteiger partial charge on any atom is 0.192 e. The van der Waals surface area contributed by atoms with E-state index in [4.69, 9.17) is 13.9 Å². The zero-order valence-corrected chi connectivity index (χ0v) is 16.6. The highest BCUT2D eigenvalue weighted by atomic mass is 28.4. The van der Waals surface area contributed by atoms with Crippen LogP contribution in [0, 0.1) is 5.92 Å². The predicted molar refractivity (Wildman–Crippen MR) is 90.7 cm³/mol. The third-order valence-electron chi connectivity index (χ3n) is 5.68. The lowest BCUT2D eigenvalue weighted by atomic mass is 9.74. The SMILES string of the molecule is CC1(C)OC[C@]2(CC[C@@H](O)C(=O)[C@@H]2CO[Si](C)(C)C(C)(C)C)O1. The van der Waals surface area contributed by atoms with Crippen molar-refractivity contribution >= 4 is 14.1 Å². The topological polar surface area (TPSA) is 65.0 Å². The van der Waals surface area contributed by atoms with E-state index in [0.717, 1.165) is 0 Å². The van der Waals surface area contributed by atoms with Crippen LogP contribution in [0.2, 0.25) is 18.1 Å². The summed E-state index contributed by atoms with van der Waals surface area (Å²) in [6.45, 7) is 15.3. The molecule has 0 aromatic carbocycles. The Morgan fingerprint density at radius 3 is 2.43 bits per heavy atom. The second-order valence-corrected chi connectivity index (χ2v) is 13.7. The van der Waals surface area contributed by atoms with Gasteiger partial charge in [-0.05, 0) is 44.8 Å². The minimum atomic E-state index is -1.97. The van der Waals surface area contributed by atoms with E-state index in [9.17, 15) is 9.90 Å². The lowest BCUT2D eigenvalue weighted by molar-refractivity contribution is -0.190. The average molecular weight is 345 g/mol. The van der Waals surface area contributed by atoms with Gasteiger partial charge in [0.25, 0.3) is 0 Å². The summed E-state index contributed by atoms with van der Waals surface area (Å²) in [6.07, 6.45) is 0.130. The fourth-order valence-corrected chi connectivity index (χ4v) is 4.09. The summed E-state index contributed by atoms with van der Waals surface area (Å²) in [4.78, 5) is 12.6. The summed E-state index contributed by atoms with van der Waals surface area (Å²) in [7, 11) is -1.97. The van der Waals surface area contributed by atoms with Gasteiger partial charge in [-0.15, -0.1) is 0 Å². The number of carbonyl (C=O) groups is 1. The molecule has 1 saturated carbocycles. The Morgan fingerprint density at radius 1 is 1.35 bits per heavy atom. The van der Waals surface area contributed by atoms with Crippen LogP contribution in [0.4, 0.5) is 0 Å². The van der Waals surface area contributed by atoms with Crippen molar-refractivity contribution < 1.29 is 23.8 Å². The fourth-order valence-electron chi connectivity index (χ4n) is 3.07. The van der Waals surface area contributed by atoms with Gasteiger partial charge >= 0.3 is 0 Å². The standard InChI is InChI=1S/C17H32O5Si/c1-15(2,3)23(6,7)21-10-12-14(19)13(18)8-9-17(12)11-20-16(4,5)22-17/h12-13,18H,8-11H2,1-7H3/t12-,13+,17-/m0/s1. The molecule has 134 valence electrons. The molecule has 1 aliphatic heterocycles. The molecule has 1 heterocycles. The van der Waals surface area contributed by atoms with E-state index in [1.165, 1.54) is 0 Å². The molecule has 3 atom stereocenters. The van der Waals surface area contributed by atoms with E-state index >= 15 is 0 Å². The molecule has 1 spiro atoms. The second-order valence-electron chi connectivity index (χ2n) is 8.94. The first-order valence-corrected chi connectivity index (χ1v) is 11.4. The van der Waals surface area contributed by atoms with Crippen LogP contribution in [0.25, 0.3) is 0 Å². The second kappa shape index (κ2) is 5.91. The van der Waals surface area contributed by atoms with Gasteiger partial charge in [-0.25, -0.2) is 0 Å². The van der Waals surface area contributed by atoms with E-state index in [1.54, 1.807) is 0 Å². The highest BCUT2D eigenvalue weighted by Crippen LogP contribution is 2.45. The van der Waals surface area contributed by atoms with Crippen LogP contribution in [-0.4, -0.2) is 49.9 Å². The van der Waals surface area contributed by atoms with Crippen molar-refractivity contribution in [2.24, 2.45) is 5.92 Å². The number of hydrogen-bond donors (Lipinski definition) is 1. The minimum Gasteiger partial charge on any atom is -0.416 e. The smallest absolute Gasteiger partial charge is 0.192 e. The van der Waals surface area contributed by atoms with Crippen LogP contribution in [0.1, 0.15) is 47.5 Å². The number of rotatable bonds is 3. The Labute approximate surface area is 140 Å². The zero-order valence-electron chi connectivity index (χ0n) is 15.6. The number of carbonyl (C=O) groups excluding carboxylic acids is 1. The molecule has 2 rings (SSSR count). The highest BCUT2D eigenvalue weighted by Gasteiger charge is 2.57. The maximum absolute atomic E-state index is 12.6. The monoisotopic (exact) mass is 344 g/mol. The third kappa shape index (κ3) is 3.71. The van der Waals surface area contributed by atoms with Crippen molar-refractivity contribution in [1.82, 2.24) is 0 Å². The molecule has 2 fully saturated rings. The Bertz CT molecular complexity index is 468. The van der Waals surface area contributed by atoms with Gasteiger partial charge in [0.1, 0.15) is 11.7 Å². The fraction of sp³-hybridized carbons (Fsp3) is 0.941. The van der Waals surface area contributed by atoms with Crippen LogP contribution in [0.5, 0.6) is 0 Å². The summed E-state index contributed by atoms with van der Waals surface area (Å²) in [5, 5.41) is 10.1. The van der Waals surface area contributed by atoms with Gasteiger partial charge < -0.3 is 19.0 Å². The van der Waals surface area contributed by atoms with Crippen molar-refractivity contribution in [3.63, 3.8) is 0 Å². The average Bonchev–Trinajstić information content (AvgIpc) is 2.69. The van der Waals surface area contributed by atoms with Crippen LogP contribution >= 0.6 is 0 Å². The quantitative estimate of drug-likeness (QED) is 0.798. The Hall–Kier alpha value is -0.273. The summed E-state index contributed by atoms with van der Waals surface area (Å²) in [6, 6.07) is 0. The number of aliphatic hydroxyl groups excluding tert-OH is 1. The molecule has 1 saturated heterocycles. The van der Waals surface area contributed by atoms with E-state index in [0.29, 0.717) is 26.1 Å². The lowest BCUT2D eigenvalue weighted by Gasteiger charge is -2.43. The number of Topliss-reactive ketones (excluding diaryl/α,β-unsaturated/α-hetero) is 1. The van der Waals surface area contributed by atoms with Gasteiger partial charge in [0.15, 0.2) is 19.9 Å². The summed E-state index contributed by atoms with van der Waals surface area (Å²) < 4.78 is 18.2. The molecule has 6 heteroatoms. The molecule has 5 nitrogen and oxygen atoms in total. The van der Waals surface area contributed by atoms with E-state index in [2.05, 4.69) is 33.9 Å². The van der Waals surface area contributed by atoms with Crippen LogP contribution < -0.4 is 0 Å². The Balaban J connectivity index is 2.19. The Morgan fingerprint density at radius 2 is 1.96 bits per heavy atom. The normalized spacial score (nSPS) is 35.0. The van der Waals surface area contributed by atoms with Gasteiger partial charge in [0.2, 0.25) is 0 Å². The van der Waals surface area contributed by atoms with Crippen molar-refractivity contribution in [3.05, 3.63) is 0 Å². The lowest BCUT2D eigenvalue weighted by Crippen LogP contribution is -2.56. The molecule has 0 bridgehead atoms. The molecule has 23 heavy (non-hydrogen) atoms. The molecule has 0 amide bonds. The summed E-state index contributed by atoms with van der Waals surface area (Å²) in [5.41, 5.74) is -0.665. The number of ketones is 1. The number of aliphatic hydroxyl groups is 1. The van der Waals surface area contributed by atoms with Crippen molar-refractivity contribution in [2.45, 2.75) is 83.1 Å². The molecule has 0 aromatic heterocycles. The Kier molecular flexibility index (Phi) is 4.90. The first kappa shape index (κ1) is 19.1. The molecule has 0 unspecified atom stereocenters. The third-order valence-corrected chi connectivity index (χ3v) is 10.2. The van der Waals surface area contributed by atoms with Crippen LogP contribution in [0.15, 0.2) is 0 Å². The first-order valence-electron chi connectivity index (χ1n) is 8.50. The van der Waals surface area contributed by atoms with E-state index < -0.39 is 31.7 Å². The molecular weight excluding hydrogens is 312 g/mol.